The summed E-state index contributed by atoms with van der Waals surface area (Å²) in [4.78, 5) is 11.3. The molecular weight excluding hydrogens is 248 g/mol. The molecule has 2 aromatic rings. The van der Waals surface area contributed by atoms with Crippen molar-refractivity contribution in [1.82, 2.24) is 0 Å². The molecule has 0 saturated carbocycles. The van der Waals surface area contributed by atoms with Gasteiger partial charge in [-0.05, 0) is 23.8 Å². The van der Waals surface area contributed by atoms with Crippen molar-refractivity contribution in [2.24, 2.45) is 0 Å². The molecule has 0 bridgehead atoms. The number of thiophene rings is 1. The van der Waals surface area contributed by atoms with Gasteiger partial charge in [0.25, 0.3) is 0 Å². The zero-order chi connectivity index (χ0) is 12.6. The molecule has 3 nitrogen and oxygen atoms in total. The predicted octanol–water partition coefficient (Wildman–Crippen LogP) is 2.97. The lowest BCUT2D eigenvalue weighted by molar-refractivity contribution is 0.0698. The van der Waals surface area contributed by atoms with Crippen molar-refractivity contribution < 1.29 is 18.7 Å². The summed E-state index contributed by atoms with van der Waals surface area (Å²) in [5.74, 6) is -3.07. The molecule has 0 aliphatic heterocycles. The van der Waals surface area contributed by atoms with Gasteiger partial charge in [0.1, 0.15) is 5.00 Å². The number of hydrogen-bond donors (Lipinski definition) is 2. The standard InChI is InChI=1S/C11H7F2NO2S/c12-7-2-1-5(3-8(7)13)9-4-6(11(15)16)10(14)17-9/h1-4H,14H2,(H,15,16). The van der Waals surface area contributed by atoms with Crippen molar-refractivity contribution in [3.05, 3.63) is 41.5 Å². The average Bonchev–Trinajstić information content (AvgIpc) is 2.64. The molecule has 1 aromatic heterocycles. The highest BCUT2D eigenvalue weighted by Gasteiger charge is 2.14. The van der Waals surface area contributed by atoms with Crippen molar-refractivity contribution >= 4 is 22.3 Å². The van der Waals surface area contributed by atoms with E-state index in [4.69, 9.17) is 10.8 Å². The summed E-state index contributed by atoms with van der Waals surface area (Å²) in [5.41, 5.74) is 5.88. The fourth-order valence-electron chi connectivity index (χ4n) is 1.36. The van der Waals surface area contributed by atoms with E-state index in [2.05, 4.69) is 0 Å². The van der Waals surface area contributed by atoms with Crippen LogP contribution in [0.1, 0.15) is 10.4 Å². The fraction of sp³-hybridized carbons (Fsp3) is 0. The second-order valence-corrected chi connectivity index (χ2v) is 4.41. The molecule has 0 aliphatic carbocycles. The third-order valence-electron chi connectivity index (χ3n) is 2.20. The first-order valence-corrected chi connectivity index (χ1v) is 5.38. The Morgan fingerprint density at radius 2 is 1.94 bits per heavy atom. The van der Waals surface area contributed by atoms with Gasteiger partial charge < -0.3 is 10.8 Å². The van der Waals surface area contributed by atoms with Gasteiger partial charge in [-0.3, -0.25) is 0 Å². The molecule has 0 atom stereocenters. The number of hydrogen-bond acceptors (Lipinski definition) is 3. The van der Waals surface area contributed by atoms with Crippen LogP contribution in [0.2, 0.25) is 0 Å². The first kappa shape index (κ1) is 11.5. The van der Waals surface area contributed by atoms with E-state index < -0.39 is 17.6 Å². The van der Waals surface area contributed by atoms with Crippen LogP contribution < -0.4 is 5.73 Å². The quantitative estimate of drug-likeness (QED) is 0.867. The molecule has 1 heterocycles. The van der Waals surface area contributed by atoms with E-state index in [0.29, 0.717) is 10.4 Å². The minimum atomic E-state index is -1.15. The van der Waals surface area contributed by atoms with E-state index in [1.165, 1.54) is 12.1 Å². The van der Waals surface area contributed by atoms with Gasteiger partial charge >= 0.3 is 5.97 Å². The molecule has 0 aliphatic rings. The lowest BCUT2D eigenvalue weighted by Crippen LogP contribution is -1.97. The zero-order valence-corrected chi connectivity index (χ0v) is 9.22. The number of rotatable bonds is 2. The number of nitrogen functional groups attached to an aromatic ring is 1. The minimum Gasteiger partial charge on any atom is -0.478 e. The van der Waals surface area contributed by atoms with Crippen LogP contribution in [-0.4, -0.2) is 11.1 Å². The van der Waals surface area contributed by atoms with E-state index in [0.717, 1.165) is 23.5 Å². The monoisotopic (exact) mass is 255 g/mol. The predicted molar refractivity (Wildman–Crippen MR) is 61.0 cm³/mol. The van der Waals surface area contributed by atoms with E-state index >= 15 is 0 Å². The number of halogens is 2. The molecule has 0 saturated heterocycles. The second-order valence-electron chi connectivity index (χ2n) is 3.32. The van der Waals surface area contributed by atoms with E-state index in [-0.39, 0.29) is 10.6 Å². The number of nitrogens with two attached hydrogens (primary N) is 1. The van der Waals surface area contributed by atoms with Crippen LogP contribution in [0.5, 0.6) is 0 Å². The summed E-state index contributed by atoms with van der Waals surface area (Å²) < 4.78 is 25.7. The SMILES string of the molecule is Nc1sc(-c2ccc(F)c(F)c2)cc1C(=O)O. The first-order chi connectivity index (χ1) is 7.99. The van der Waals surface area contributed by atoms with Gasteiger partial charge in [-0.15, -0.1) is 11.3 Å². The van der Waals surface area contributed by atoms with Crippen LogP contribution in [0, 0.1) is 11.6 Å². The summed E-state index contributed by atoms with van der Waals surface area (Å²) >= 11 is 1.02. The molecule has 3 N–H and O–H groups in total. The van der Waals surface area contributed by atoms with Crippen LogP contribution in [0.4, 0.5) is 13.8 Å². The Morgan fingerprint density at radius 3 is 2.47 bits per heavy atom. The number of carboxylic acid groups (broad SMARTS) is 1. The van der Waals surface area contributed by atoms with Crippen molar-refractivity contribution in [1.29, 1.82) is 0 Å². The molecule has 0 fully saturated rings. The molecule has 1 aromatic carbocycles. The highest BCUT2D eigenvalue weighted by Crippen LogP contribution is 2.33. The Labute approximate surface area is 99.1 Å². The second kappa shape index (κ2) is 4.14. The van der Waals surface area contributed by atoms with Gasteiger partial charge in [-0.25, -0.2) is 13.6 Å². The normalized spacial score (nSPS) is 10.5. The molecule has 88 valence electrons. The number of carboxylic acids is 1. The Bertz CT molecular complexity index is 595. The van der Waals surface area contributed by atoms with Crippen molar-refractivity contribution in [3.8, 4) is 10.4 Å². The summed E-state index contributed by atoms with van der Waals surface area (Å²) in [5, 5.41) is 8.95. The third-order valence-corrected chi connectivity index (χ3v) is 3.21. The summed E-state index contributed by atoms with van der Waals surface area (Å²) in [7, 11) is 0. The largest absolute Gasteiger partial charge is 0.478 e. The van der Waals surface area contributed by atoms with Gasteiger partial charge in [0.15, 0.2) is 11.6 Å². The van der Waals surface area contributed by atoms with E-state index in [1.807, 2.05) is 0 Å². The fourth-order valence-corrected chi connectivity index (χ4v) is 2.28. The van der Waals surface area contributed by atoms with Gasteiger partial charge in [0.05, 0.1) is 5.56 Å². The van der Waals surface area contributed by atoms with Gasteiger partial charge in [-0.1, -0.05) is 6.07 Å². The smallest absolute Gasteiger partial charge is 0.338 e. The zero-order valence-electron chi connectivity index (χ0n) is 8.41. The number of carbonyl (C=O) groups is 1. The highest BCUT2D eigenvalue weighted by molar-refractivity contribution is 7.19. The molecule has 0 amide bonds. The minimum absolute atomic E-state index is 0.0327. The lowest BCUT2D eigenvalue weighted by Gasteiger charge is -1.97. The summed E-state index contributed by atoms with van der Waals surface area (Å²) in [6.07, 6.45) is 0. The summed E-state index contributed by atoms with van der Waals surface area (Å²) in [6.45, 7) is 0. The van der Waals surface area contributed by atoms with Crippen molar-refractivity contribution in [2.45, 2.75) is 0 Å². The van der Waals surface area contributed by atoms with Gasteiger partial charge in [0.2, 0.25) is 0 Å². The van der Waals surface area contributed by atoms with Gasteiger partial charge in [0, 0.05) is 4.88 Å². The first-order valence-electron chi connectivity index (χ1n) is 4.57. The van der Waals surface area contributed by atoms with Crippen LogP contribution in [0.3, 0.4) is 0 Å². The highest BCUT2D eigenvalue weighted by atomic mass is 32.1. The molecule has 6 heteroatoms. The Kier molecular flexibility index (Phi) is 2.81. The number of anilines is 1. The van der Waals surface area contributed by atoms with Crippen LogP contribution >= 0.6 is 11.3 Å². The molecule has 0 unspecified atom stereocenters. The Hall–Kier alpha value is -1.95. The molecule has 17 heavy (non-hydrogen) atoms. The Morgan fingerprint density at radius 1 is 1.24 bits per heavy atom. The van der Waals surface area contributed by atoms with Crippen molar-refractivity contribution in [2.75, 3.05) is 5.73 Å². The maximum Gasteiger partial charge on any atom is 0.338 e. The van der Waals surface area contributed by atoms with Crippen molar-refractivity contribution in [3.63, 3.8) is 0 Å². The van der Waals surface area contributed by atoms with Crippen LogP contribution in [0.25, 0.3) is 10.4 Å². The topological polar surface area (TPSA) is 63.3 Å². The maximum atomic E-state index is 13.0. The van der Waals surface area contributed by atoms with E-state index in [9.17, 15) is 13.6 Å². The van der Waals surface area contributed by atoms with Crippen LogP contribution in [0.15, 0.2) is 24.3 Å². The molecule has 0 radical (unpaired) electrons. The van der Waals surface area contributed by atoms with E-state index in [1.54, 1.807) is 0 Å². The third kappa shape index (κ3) is 2.12. The summed E-state index contributed by atoms with van der Waals surface area (Å²) in [6, 6.07) is 4.71. The van der Waals surface area contributed by atoms with Gasteiger partial charge in [-0.2, -0.15) is 0 Å². The average molecular weight is 255 g/mol. The number of aromatic carboxylic acids is 1. The molecule has 2 rings (SSSR count). The Balaban J connectivity index is 2.50. The maximum absolute atomic E-state index is 13.0. The van der Waals surface area contributed by atoms with Crippen LogP contribution in [-0.2, 0) is 0 Å². The molecule has 0 spiro atoms. The lowest BCUT2D eigenvalue weighted by atomic mass is 10.1. The number of benzene rings is 1. The molecular formula is C11H7F2NO2S.